The summed E-state index contributed by atoms with van der Waals surface area (Å²) in [5.41, 5.74) is 3.29. The molecule has 1 aliphatic heterocycles. The maximum Gasteiger partial charge on any atom is 0.314 e. The number of aromatic nitrogens is 1. The highest BCUT2D eigenvalue weighted by Gasteiger charge is 2.37. The van der Waals surface area contributed by atoms with Crippen molar-refractivity contribution in [2.75, 3.05) is 7.11 Å². The van der Waals surface area contributed by atoms with Gasteiger partial charge in [-0.05, 0) is 40.8 Å². The molecule has 0 fully saturated rings. The fourth-order valence-corrected chi connectivity index (χ4v) is 4.44. The molecule has 0 amide bonds. The number of fused-ring (bicyclic) bond motifs is 1. The summed E-state index contributed by atoms with van der Waals surface area (Å²) < 4.78 is 7.88. The number of benzene rings is 1. The number of unbranched alkanes of at least 4 members (excludes halogenated alkanes) is 1. The SMILES string of the molecule is CCCCc1c(Br)c2n(c1C(=O)c1ccccc1)CCC2C(=O)OC. The molecule has 0 N–H and O–H groups in total. The average molecular weight is 404 g/mol. The first-order valence-corrected chi connectivity index (χ1v) is 9.47. The number of ketones is 1. The van der Waals surface area contributed by atoms with Crippen LogP contribution in [0.15, 0.2) is 34.8 Å². The van der Waals surface area contributed by atoms with Crippen LogP contribution in [0.25, 0.3) is 0 Å². The molecule has 1 aromatic carbocycles. The van der Waals surface area contributed by atoms with Gasteiger partial charge in [0.05, 0.1) is 18.7 Å². The van der Waals surface area contributed by atoms with Crippen molar-refractivity contribution in [3.63, 3.8) is 0 Å². The number of halogens is 1. The van der Waals surface area contributed by atoms with Crippen LogP contribution in [0.1, 0.15) is 59.4 Å². The van der Waals surface area contributed by atoms with Gasteiger partial charge >= 0.3 is 5.97 Å². The number of carbonyl (C=O) groups is 2. The second kappa shape index (κ2) is 7.56. The van der Waals surface area contributed by atoms with Crippen LogP contribution in [0.3, 0.4) is 0 Å². The van der Waals surface area contributed by atoms with Gasteiger partial charge in [0.25, 0.3) is 0 Å². The summed E-state index contributed by atoms with van der Waals surface area (Å²) in [5, 5.41) is 0. The number of hydrogen-bond acceptors (Lipinski definition) is 3. The Labute approximate surface area is 156 Å². The topological polar surface area (TPSA) is 48.3 Å². The number of rotatable bonds is 6. The second-order valence-electron chi connectivity index (χ2n) is 6.34. The molecule has 4 nitrogen and oxygen atoms in total. The zero-order valence-corrected chi connectivity index (χ0v) is 16.1. The Balaban J connectivity index is 2.12. The first kappa shape index (κ1) is 17.9. The van der Waals surface area contributed by atoms with Crippen LogP contribution < -0.4 is 0 Å². The van der Waals surface area contributed by atoms with E-state index in [9.17, 15) is 9.59 Å². The number of ether oxygens (including phenoxy) is 1. The third-order valence-electron chi connectivity index (χ3n) is 4.82. The molecule has 25 heavy (non-hydrogen) atoms. The largest absolute Gasteiger partial charge is 0.469 e. The monoisotopic (exact) mass is 403 g/mol. The number of nitrogens with zero attached hydrogens (tertiary/aromatic N) is 1. The van der Waals surface area contributed by atoms with Crippen molar-refractivity contribution in [3.05, 3.63) is 57.3 Å². The smallest absolute Gasteiger partial charge is 0.314 e. The Morgan fingerprint density at radius 2 is 2.00 bits per heavy atom. The zero-order valence-electron chi connectivity index (χ0n) is 14.5. The van der Waals surface area contributed by atoms with E-state index in [4.69, 9.17) is 4.74 Å². The van der Waals surface area contributed by atoms with E-state index in [0.29, 0.717) is 24.2 Å². The predicted molar refractivity (Wildman–Crippen MR) is 100.0 cm³/mol. The van der Waals surface area contributed by atoms with E-state index >= 15 is 0 Å². The second-order valence-corrected chi connectivity index (χ2v) is 7.13. The minimum absolute atomic E-state index is 0.0177. The highest BCUT2D eigenvalue weighted by Crippen LogP contribution is 2.42. The van der Waals surface area contributed by atoms with Gasteiger partial charge in [-0.2, -0.15) is 0 Å². The highest BCUT2D eigenvalue weighted by atomic mass is 79.9. The number of esters is 1. The van der Waals surface area contributed by atoms with Crippen molar-refractivity contribution in [2.45, 2.75) is 45.1 Å². The lowest BCUT2D eigenvalue weighted by Crippen LogP contribution is -2.12. The van der Waals surface area contributed by atoms with Crippen molar-refractivity contribution >= 4 is 27.7 Å². The lowest BCUT2D eigenvalue weighted by molar-refractivity contribution is -0.142. The summed E-state index contributed by atoms with van der Waals surface area (Å²) in [4.78, 5) is 25.4. The minimum Gasteiger partial charge on any atom is -0.469 e. The molecule has 1 aliphatic rings. The molecule has 132 valence electrons. The van der Waals surface area contributed by atoms with Crippen molar-refractivity contribution in [2.24, 2.45) is 0 Å². The number of hydrogen-bond donors (Lipinski definition) is 0. The molecule has 0 saturated heterocycles. The molecule has 1 atom stereocenters. The van der Waals surface area contributed by atoms with Gasteiger partial charge in [0.2, 0.25) is 5.78 Å². The third kappa shape index (κ3) is 3.17. The molecular formula is C20H22BrNO3. The van der Waals surface area contributed by atoms with Crippen molar-refractivity contribution in [1.82, 2.24) is 4.57 Å². The summed E-state index contributed by atoms with van der Waals surface area (Å²) in [6.07, 6.45) is 3.54. The minimum atomic E-state index is -0.308. The summed E-state index contributed by atoms with van der Waals surface area (Å²) in [6, 6.07) is 9.33. The van der Waals surface area contributed by atoms with E-state index in [1.165, 1.54) is 7.11 Å². The molecule has 3 rings (SSSR count). The zero-order chi connectivity index (χ0) is 18.0. The third-order valence-corrected chi connectivity index (χ3v) is 5.71. The van der Waals surface area contributed by atoms with Crippen LogP contribution in [-0.2, 0) is 22.5 Å². The van der Waals surface area contributed by atoms with Gasteiger partial charge in [0.1, 0.15) is 0 Å². The van der Waals surface area contributed by atoms with E-state index < -0.39 is 0 Å². The number of carbonyl (C=O) groups excluding carboxylic acids is 2. The van der Waals surface area contributed by atoms with Crippen LogP contribution in [-0.4, -0.2) is 23.4 Å². The molecule has 0 bridgehead atoms. The van der Waals surface area contributed by atoms with E-state index in [-0.39, 0.29) is 17.7 Å². The van der Waals surface area contributed by atoms with Gasteiger partial charge < -0.3 is 9.30 Å². The summed E-state index contributed by atoms with van der Waals surface area (Å²) in [6.45, 7) is 2.79. The van der Waals surface area contributed by atoms with E-state index in [0.717, 1.165) is 35.0 Å². The van der Waals surface area contributed by atoms with Gasteiger partial charge in [-0.25, -0.2) is 0 Å². The standard InChI is InChI=1S/C20H22BrNO3/c1-3-4-10-14-16(21)17-15(20(24)25-2)11-12-22(17)18(14)19(23)13-8-6-5-7-9-13/h5-9,15H,3-4,10-12H2,1-2H3. The normalized spacial score (nSPS) is 15.9. The predicted octanol–water partition coefficient (Wildman–Crippen LogP) is 4.48. The summed E-state index contributed by atoms with van der Waals surface area (Å²) >= 11 is 3.68. The molecule has 2 heterocycles. The summed E-state index contributed by atoms with van der Waals surface area (Å²) in [5.74, 6) is -0.529. The van der Waals surface area contributed by atoms with Crippen LogP contribution in [0, 0.1) is 0 Å². The molecule has 0 aliphatic carbocycles. The Hall–Kier alpha value is -1.88. The number of methoxy groups -OCH3 is 1. The first-order valence-electron chi connectivity index (χ1n) is 8.68. The lowest BCUT2D eigenvalue weighted by Gasteiger charge is -2.09. The molecule has 2 aromatic rings. The van der Waals surface area contributed by atoms with Crippen LogP contribution in [0.2, 0.25) is 0 Å². The van der Waals surface area contributed by atoms with Gasteiger partial charge in [-0.15, -0.1) is 0 Å². The van der Waals surface area contributed by atoms with E-state index in [1.807, 2.05) is 34.9 Å². The molecule has 0 saturated carbocycles. The van der Waals surface area contributed by atoms with Crippen molar-refractivity contribution in [1.29, 1.82) is 0 Å². The fourth-order valence-electron chi connectivity index (χ4n) is 3.57. The molecule has 0 spiro atoms. The Morgan fingerprint density at radius 3 is 2.64 bits per heavy atom. The Morgan fingerprint density at radius 1 is 1.28 bits per heavy atom. The average Bonchev–Trinajstić information content (AvgIpc) is 3.18. The van der Waals surface area contributed by atoms with Crippen LogP contribution in [0.4, 0.5) is 0 Å². The Bertz CT molecular complexity index is 795. The Kier molecular flexibility index (Phi) is 5.42. The van der Waals surface area contributed by atoms with Gasteiger partial charge in [0, 0.05) is 22.3 Å². The maximum absolute atomic E-state index is 13.2. The quantitative estimate of drug-likeness (QED) is 0.527. The molecule has 1 unspecified atom stereocenters. The van der Waals surface area contributed by atoms with Crippen molar-refractivity contribution < 1.29 is 14.3 Å². The fraction of sp³-hybridized carbons (Fsp3) is 0.400. The lowest BCUT2D eigenvalue weighted by atomic mass is 9.99. The van der Waals surface area contributed by atoms with E-state index in [1.54, 1.807) is 0 Å². The van der Waals surface area contributed by atoms with Crippen LogP contribution >= 0.6 is 15.9 Å². The van der Waals surface area contributed by atoms with Gasteiger partial charge in [-0.1, -0.05) is 43.7 Å². The van der Waals surface area contributed by atoms with E-state index in [2.05, 4.69) is 22.9 Å². The van der Waals surface area contributed by atoms with Gasteiger partial charge in [0.15, 0.2) is 0 Å². The molecule has 1 aromatic heterocycles. The molecule has 5 heteroatoms. The van der Waals surface area contributed by atoms with Crippen LogP contribution in [0.5, 0.6) is 0 Å². The maximum atomic E-state index is 13.2. The highest BCUT2D eigenvalue weighted by molar-refractivity contribution is 9.10. The first-order chi connectivity index (χ1) is 12.1. The molecule has 0 radical (unpaired) electrons. The summed E-state index contributed by atoms with van der Waals surface area (Å²) in [7, 11) is 1.41. The van der Waals surface area contributed by atoms with Crippen molar-refractivity contribution in [3.8, 4) is 0 Å². The molecular weight excluding hydrogens is 382 g/mol. The van der Waals surface area contributed by atoms with Gasteiger partial charge in [-0.3, -0.25) is 9.59 Å².